The predicted octanol–water partition coefficient (Wildman–Crippen LogP) is 2.71. The Morgan fingerprint density at radius 3 is 2.59 bits per heavy atom. The molecule has 1 amide bonds. The van der Waals surface area contributed by atoms with Crippen LogP contribution in [0.4, 0.5) is 5.00 Å². The van der Waals surface area contributed by atoms with E-state index in [1.54, 1.807) is 6.92 Å². The quantitative estimate of drug-likeness (QED) is 0.689. The Hall–Kier alpha value is -2.81. The molecule has 2 aromatic heterocycles. The number of thiophene rings is 1. The minimum Gasteiger partial charge on any atom is -0.462 e. The van der Waals surface area contributed by atoms with Gasteiger partial charge in [0.1, 0.15) is 5.00 Å². The molecule has 0 unspecified atom stereocenters. The summed E-state index contributed by atoms with van der Waals surface area (Å²) < 4.78 is 10.0. The maximum absolute atomic E-state index is 12.3. The zero-order valence-electron chi connectivity index (χ0n) is 15.4. The second-order valence-corrected chi connectivity index (χ2v) is 6.88. The number of carbonyl (C=O) groups excluding carboxylic acids is 3. The Morgan fingerprint density at radius 1 is 1.19 bits per heavy atom. The molecule has 2 rings (SSSR count). The van der Waals surface area contributed by atoms with E-state index in [2.05, 4.69) is 15.3 Å². The maximum Gasteiger partial charge on any atom is 0.359 e. The molecule has 2 aromatic rings. The van der Waals surface area contributed by atoms with Crippen molar-refractivity contribution in [2.75, 3.05) is 18.5 Å². The highest BCUT2D eigenvalue weighted by Crippen LogP contribution is 2.30. The third kappa shape index (κ3) is 5.85. The first kappa shape index (κ1) is 20.5. The number of hydrogen-bond donors (Lipinski definition) is 1. The molecule has 8 nitrogen and oxygen atoms in total. The maximum atomic E-state index is 12.3. The van der Waals surface area contributed by atoms with Crippen LogP contribution in [0.5, 0.6) is 0 Å². The summed E-state index contributed by atoms with van der Waals surface area (Å²) in [5.41, 5.74) is 1.18. The van der Waals surface area contributed by atoms with E-state index in [-0.39, 0.29) is 12.3 Å². The molecule has 0 atom stereocenters. The lowest BCUT2D eigenvalue weighted by Gasteiger charge is -2.10. The van der Waals surface area contributed by atoms with E-state index < -0.39 is 24.5 Å². The van der Waals surface area contributed by atoms with Crippen molar-refractivity contribution in [3.05, 3.63) is 40.8 Å². The number of anilines is 1. The van der Waals surface area contributed by atoms with Crippen LogP contribution in [0.25, 0.3) is 0 Å². The van der Waals surface area contributed by atoms with Crippen LogP contribution >= 0.6 is 11.3 Å². The molecule has 144 valence electrons. The second kappa shape index (κ2) is 9.77. The predicted molar refractivity (Wildman–Crippen MR) is 99.8 cm³/mol. The fourth-order valence-corrected chi connectivity index (χ4v) is 3.25. The Labute approximate surface area is 160 Å². The number of ether oxygens (including phenoxy) is 2. The summed E-state index contributed by atoms with van der Waals surface area (Å²) in [6, 6.07) is 0. The summed E-state index contributed by atoms with van der Waals surface area (Å²) in [5.74, 6) is -1.46. The van der Waals surface area contributed by atoms with Crippen molar-refractivity contribution in [1.82, 2.24) is 9.97 Å². The molecular weight excluding hydrogens is 370 g/mol. The van der Waals surface area contributed by atoms with E-state index >= 15 is 0 Å². The van der Waals surface area contributed by atoms with Gasteiger partial charge in [-0.05, 0) is 30.2 Å². The van der Waals surface area contributed by atoms with E-state index in [0.29, 0.717) is 22.9 Å². The topological polar surface area (TPSA) is 107 Å². The Kier molecular flexibility index (Phi) is 7.42. The van der Waals surface area contributed by atoms with Gasteiger partial charge in [0.15, 0.2) is 12.3 Å². The Balaban J connectivity index is 2.05. The highest BCUT2D eigenvalue weighted by atomic mass is 32.1. The Bertz CT molecular complexity index is 805. The summed E-state index contributed by atoms with van der Waals surface area (Å²) in [7, 11) is 0. The summed E-state index contributed by atoms with van der Waals surface area (Å²) >= 11 is 1.24. The van der Waals surface area contributed by atoms with E-state index in [1.165, 1.54) is 29.9 Å². The number of nitrogens with one attached hydrogen (secondary N) is 1. The fraction of sp³-hybridized carbons (Fsp3) is 0.389. The van der Waals surface area contributed by atoms with Gasteiger partial charge in [0.25, 0.3) is 5.91 Å². The number of carbonyl (C=O) groups is 3. The lowest BCUT2D eigenvalue weighted by molar-refractivity contribution is -0.119. The van der Waals surface area contributed by atoms with Gasteiger partial charge >= 0.3 is 11.9 Å². The first-order valence-corrected chi connectivity index (χ1v) is 9.30. The highest BCUT2D eigenvalue weighted by Gasteiger charge is 2.22. The molecule has 0 aliphatic heterocycles. The first-order valence-electron chi connectivity index (χ1n) is 8.42. The van der Waals surface area contributed by atoms with E-state index in [0.717, 1.165) is 5.56 Å². The summed E-state index contributed by atoms with van der Waals surface area (Å²) in [5, 5.41) is 4.82. The minimum absolute atomic E-state index is 0.00727. The largest absolute Gasteiger partial charge is 0.462 e. The van der Waals surface area contributed by atoms with Gasteiger partial charge in [-0.15, -0.1) is 11.3 Å². The van der Waals surface area contributed by atoms with Crippen LogP contribution in [0.1, 0.15) is 47.2 Å². The van der Waals surface area contributed by atoms with Crippen molar-refractivity contribution in [3.8, 4) is 0 Å². The number of hydrogen-bond acceptors (Lipinski definition) is 8. The van der Waals surface area contributed by atoms with E-state index in [9.17, 15) is 14.4 Å². The van der Waals surface area contributed by atoms with Gasteiger partial charge in [0.2, 0.25) is 0 Å². The van der Waals surface area contributed by atoms with E-state index in [4.69, 9.17) is 9.47 Å². The van der Waals surface area contributed by atoms with Gasteiger partial charge in [-0.2, -0.15) is 0 Å². The molecule has 0 aromatic carbocycles. The molecule has 0 aliphatic rings. The van der Waals surface area contributed by atoms with Crippen LogP contribution in [0.3, 0.4) is 0 Å². The molecule has 0 saturated carbocycles. The minimum atomic E-state index is -0.754. The number of rotatable bonds is 8. The SMILES string of the molecule is CCOC(=O)c1c(CC(C)C)csc1NC(=O)COC(=O)c1cnccn1. The smallest absolute Gasteiger partial charge is 0.359 e. The van der Waals surface area contributed by atoms with E-state index in [1.807, 2.05) is 19.2 Å². The van der Waals surface area contributed by atoms with Gasteiger partial charge in [-0.1, -0.05) is 13.8 Å². The normalized spacial score (nSPS) is 10.5. The van der Waals surface area contributed by atoms with Gasteiger partial charge in [0, 0.05) is 12.4 Å². The molecule has 0 aliphatic carbocycles. The highest BCUT2D eigenvalue weighted by molar-refractivity contribution is 7.15. The third-order valence-corrected chi connectivity index (χ3v) is 4.28. The van der Waals surface area contributed by atoms with Crippen LogP contribution in [-0.2, 0) is 20.7 Å². The van der Waals surface area contributed by atoms with Crippen molar-refractivity contribution in [3.63, 3.8) is 0 Å². The van der Waals surface area contributed by atoms with Crippen molar-refractivity contribution >= 4 is 34.2 Å². The fourth-order valence-electron chi connectivity index (χ4n) is 2.27. The summed E-state index contributed by atoms with van der Waals surface area (Å²) in [6.45, 7) is 5.53. The number of aromatic nitrogens is 2. The standard InChI is InChI=1S/C18H21N3O5S/c1-4-25-18(24)15-12(7-11(2)3)10-27-16(15)21-14(22)9-26-17(23)13-8-19-5-6-20-13/h5-6,8,10-11H,4,7,9H2,1-3H3,(H,21,22). The molecule has 0 saturated heterocycles. The second-order valence-electron chi connectivity index (χ2n) is 6.00. The van der Waals surface area contributed by atoms with Crippen molar-refractivity contribution in [2.24, 2.45) is 5.92 Å². The van der Waals surface area contributed by atoms with Crippen LogP contribution < -0.4 is 5.32 Å². The summed E-state index contributed by atoms with van der Waals surface area (Å²) in [4.78, 5) is 43.8. The first-order chi connectivity index (χ1) is 12.9. The molecule has 0 fully saturated rings. The molecular formula is C18H21N3O5S. The molecule has 0 bridgehead atoms. The lowest BCUT2D eigenvalue weighted by atomic mass is 10.0. The van der Waals surface area contributed by atoms with Gasteiger partial charge in [0.05, 0.1) is 18.4 Å². The molecule has 0 radical (unpaired) electrons. The molecule has 9 heteroatoms. The average molecular weight is 391 g/mol. The summed E-state index contributed by atoms with van der Waals surface area (Å²) in [6.07, 6.45) is 4.70. The third-order valence-electron chi connectivity index (χ3n) is 3.33. The zero-order chi connectivity index (χ0) is 19.8. The van der Waals surface area contributed by atoms with Crippen LogP contribution in [0.15, 0.2) is 24.0 Å². The number of nitrogens with zero attached hydrogens (tertiary/aromatic N) is 2. The molecule has 1 N–H and O–H groups in total. The average Bonchev–Trinajstić information content (AvgIpc) is 3.02. The Morgan fingerprint density at radius 2 is 1.96 bits per heavy atom. The van der Waals surface area contributed by atoms with Crippen LogP contribution in [-0.4, -0.2) is 41.0 Å². The molecule has 0 spiro atoms. The lowest BCUT2D eigenvalue weighted by Crippen LogP contribution is -2.22. The van der Waals surface area contributed by atoms with Gasteiger partial charge in [-0.25, -0.2) is 14.6 Å². The van der Waals surface area contributed by atoms with Gasteiger partial charge < -0.3 is 14.8 Å². The van der Waals surface area contributed by atoms with Crippen LogP contribution in [0, 0.1) is 5.92 Å². The van der Waals surface area contributed by atoms with Crippen molar-refractivity contribution in [1.29, 1.82) is 0 Å². The van der Waals surface area contributed by atoms with Crippen LogP contribution in [0.2, 0.25) is 0 Å². The monoisotopic (exact) mass is 391 g/mol. The number of esters is 2. The zero-order valence-corrected chi connectivity index (χ0v) is 16.2. The number of amides is 1. The van der Waals surface area contributed by atoms with Crippen molar-refractivity contribution in [2.45, 2.75) is 27.2 Å². The van der Waals surface area contributed by atoms with Gasteiger partial charge in [-0.3, -0.25) is 9.78 Å². The molecule has 27 heavy (non-hydrogen) atoms. The van der Waals surface area contributed by atoms with Crippen molar-refractivity contribution < 1.29 is 23.9 Å². The molecule has 2 heterocycles.